The summed E-state index contributed by atoms with van der Waals surface area (Å²) >= 11 is 0. The van der Waals surface area contributed by atoms with Crippen LogP contribution in [0.1, 0.15) is 5.56 Å². The lowest BCUT2D eigenvalue weighted by Crippen LogP contribution is -2.25. The van der Waals surface area contributed by atoms with Gasteiger partial charge in [-0.25, -0.2) is 13.2 Å². The molecule has 2 nitrogen and oxygen atoms in total. The Balaban J connectivity index is 2.81. The molecule has 0 aliphatic rings. The van der Waals surface area contributed by atoms with Crippen LogP contribution in [0.2, 0.25) is 0 Å². The van der Waals surface area contributed by atoms with Crippen molar-refractivity contribution in [3.8, 4) is 0 Å². The van der Waals surface area contributed by atoms with Crippen molar-refractivity contribution in [2.24, 2.45) is 5.73 Å². The third-order valence-corrected chi connectivity index (χ3v) is 2.04. The zero-order valence-corrected chi connectivity index (χ0v) is 8.43. The molecule has 0 fully saturated rings. The minimum absolute atomic E-state index is 0.129. The second-order valence-corrected chi connectivity index (χ2v) is 3.38. The Kier molecular flexibility index (Phi) is 4.11. The highest BCUT2D eigenvalue weighted by molar-refractivity contribution is 5.19. The van der Waals surface area contributed by atoms with E-state index in [0.29, 0.717) is 19.2 Å². The summed E-state index contributed by atoms with van der Waals surface area (Å²) in [4.78, 5) is 1.73. The van der Waals surface area contributed by atoms with E-state index in [1.54, 1.807) is 11.9 Å². The van der Waals surface area contributed by atoms with Crippen LogP contribution in [0.4, 0.5) is 13.2 Å². The first-order valence-electron chi connectivity index (χ1n) is 4.56. The molecule has 15 heavy (non-hydrogen) atoms. The van der Waals surface area contributed by atoms with Crippen molar-refractivity contribution < 1.29 is 13.2 Å². The largest absolute Gasteiger partial charge is 0.329 e. The van der Waals surface area contributed by atoms with Gasteiger partial charge < -0.3 is 10.6 Å². The Bertz CT molecular complexity index is 342. The number of rotatable bonds is 4. The Morgan fingerprint density at radius 3 is 2.33 bits per heavy atom. The first kappa shape index (κ1) is 12.0. The third-order valence-electron chi connectivity index (χ3n) is 2.04. The average molecular weight is 218 g/mol. The fourth-order valence-corrected chi connectivity index (χ4v) is 1.28. The molecule has 1 rings (SSSR count). The van der Waals surface area contributed by atoms with Gasteiger partial charge in [-0.3, -0.25) is 0 Å². The highest BCUT2D eigenvalue weighted by Gasteiger charge is 2.10. The standard InChI is InChI=1S/C10H13F3N2/c1-15(3-2-14)6-7-4-9(12)10(13)5-8(7)11/h4-5H,2-3,6,14H2,1H3. The van der Waals surface area contributed by atoms with Gasteiger partial charge in [0.2, 0.25) is 0 Å². The van der Waals surface area contributed by atoms with Gasteiger partial charge in [-0.15, -0.1) is 0 Å². The molecule has 2 N–H and O–H groups in total. The second-order valence-electron chi connectivity index (χ2n) is 3.38. The van der Waals surface area contributed by atoms with Gasteiger partial charge in [-0.2, -0.15) is 0 Å². The van der Waals surface area contributed by atoms with E-state index in [1.807, 2.05) is 0 Å². The zero-order valence-electron chi connectivity index (χ0n) is 8.43. The fourth-order valence-electron chi connectivity index (χ4n) is 1.28. The normalized spacial score (nSPS) is 11.1. The quantitative estimate of drug-likeness (QED) is 0.776. The van der Waals surface area contributed by atoms with Gasteiger partial charge >= 0.3 is 0 Å². The van der Waals surface area contributed by atoms with E-state index in [4.69, 9.17) is 5.73 Å². The van der Waals surface area contributed by atoms with Crippen molar-refractivity contribution >= 4 is 0 Å². The van der Waals surface area contributed by atoms with E-state index in [0.717, 1.165) is 6.07 Å². The van der Waals surface area contributed by atoms with E-state index in [2.05, 4.69) is 0 Å². The van der Waals surface area contributed by atoms with E-state index < -0.39 is 17.5 Å². The van der Waals surface area contributed by atoms with Crippen LogP contribution in [-0.4, -0.2) is 25.0 Å². The van der Waals surface area contributed by atoms with E-state index in [-0.39, 0.29) is 12.1 Å². The van der Waals surface area contributed by atoms with Crippen LogP contribution in [0.15, 0.2) is 12.1 Å². The number of benzene rings is 1. The molecule has 0 atom stereocenters. The summed E-state index contributed by atoms with van der Waals surface area (Å²) in [5, 5.41) is 0. The van der Waals surface area contributed by atoms with Crippen LogP contribution >= 0.6 is 0 Å². The van der Waals surface area contributed by atoms with Crippen LogP contribution in [0, 0.1) is 17.5 Å². The predicted molar refractivity (Wildman–Crippen MR) is 51.7 cm³/mol. The molecule has 0 aromatic heterocycles. The van der Waals surface area contributed by atoms with Crippen molar-refractivity contribution in [3.63, 3.8) is 0 Å². The monoisotopic (exact) mass is 218 g/mol. The number of hydrogen-bond donors (Lipinski definition) is 1. The Labute approximate surface area is 86.5 Å². The average Bonchev–Trinajstić information content (AvgIpc) is 2.14. The third kappa shape index (κ3) is 3.21. The first-order chi connectivity index (χ1) is 7.04. The van der Waals surface area contributed by atoms with Crippen LogP contribution in [-0.2, 0) is 6.54 Å². The van der Waals surface area contributed by atoms with Gasteiger partial charge in [0.05, 0.1) is 0 Å². The first-order valence-corrected chi connectivity index (χ1v) is 4.56. The molecule has 0 saturated heterocycles. The number of nitrogens with zero attached hydrogens (tertiary/aromatic N) is 1. The van der Waals surface area contributed by atoms with Crippen LogP contribution in [0.5, 0.6) is 0 Å². The maximum absolute atomic E-state index is 13.2. The van der Waals surface area contributed by atoms with Crippen LogP contribution in [0.25, 0.3) is 0 Å². The minimum atomic E-state index is -1.17. The van der Waals surface area contributed by atoms with Gasteiger partial charge in [0.15, 0.2) is 11.6 Å². The molecule has 0 spiro atoms. The molecule has 0 bridgehead atoms. The molecule has 0 saturated carbocycles. The molecule has 0 amide bonds. The Morgan fingerprint density at radius 1 is 1.13 bits per heavy atom. The fraction of sp³-hybridized carbons (Fsp3) is 0.400. The zero-order chi connectivity index (χ0) is 11.4. The molecule has 0 heterocycles. The molecule has 5 heteroatoms. The summed E-state index contributed by atoms with van der Waals surface area (Å²) in [6.45, 7) is 1.21. The maximum Gasteiger partial charge on any atom is 0.161 e. The Hall–Kier alpha value is -1.07. The highest BCUT2D eigenvalue weighted by Crippen LogP contribution is 2.14. The molecular formula is C10H13F3N2. The summed E-state index contributed by atoms with van der Waals surface area (Å²) < 4.78 is 38.6. The lowest BCUT2D eigenvalue weighted by molar-refractivity contribution is 0.328. The van der Waals surface area contributed by atoms with Crippen molar-refractivity contribution in [2.75, 3.05) is 20.1 Å². The predicted octanol–water partition coefficient (Wildman–Crippen LogP) is 1.49. The van der Waals surface area contributed by atoms with E-state index in [1.165, 1.54) is 0 Å². The summed E-state index contributed by atoms with van der Waals surface area (Å²) in [6, 6.07) is 1.43. The number of likely N-dealkylation sites (N-methyl/N-ethyl adjacent to an activating group) is 1. The van der Waals surface area contributed by atoms with Gasteiger partial charge in [0.25, 0.3) is 0 Å². The molecule has 0 aliphatic heterocycles. The summed E-state index contributed by atoms with van der Waals surface area (Å²) in [5.41, 5.74) is 5.44. The topological polar surface area (TPSA) is 29.3 Å². The SMILES string of the molecule is CN(CCN)Cc1cc(F)c(F)cc1F. The summed E-state index contributed by atoms with van der Waals surface area (Å²) in [7, 11) is 1.73. The lowest BCUT2D eigenvalue weighted by atomic mass is 10.2. The number of halogens is 3. The maximum atomic E-state index is 13.2. The molecule has 0 aliphatic carbocycles. The van der Waals surface area contributed by atoms with Crippen molar-refractivity contribution in [2.45, 2.75) is 6.54 Å². The smallest absolute Gasteiger partial charge is 0.161 e. The molecule has 1 aromatic rings. The number of hydrogen-bond acceptors (Lipinski definition) is 2. The highest BCUT2D eigenvalue weighted by atomic mass is 19.2. The van der Waals surface area contributed by atoms with Crippen molar-refractivity contribution in [1.82, 2.24) is 4.90 Å². The van der Waals surface area contributed by atoms with E-state index >= 15 is 0 Å². The summed E-state index contributed by atoms with van der Waals surface area (Å²) in [5.74, 6) is -2.94. The van der Waals surface area contributed by atoms with Gasteiger partial charge in [0.1, 0.15) is 5.82 Å². The molecular weight excluding hydrogens is 205 g/mol. The van der Waals surface area contributed by atoms with Gasteiger partial charge in [-0.05, 0) is 13.1 Å². The van der Waals surface area contributed by atoms with Crippen molar-refractivity contribution in [3.05, 3.63) is 35.1 Å². The van der Waals surface area contributed by atoms with Crippen LogP contribution in [0.3, 0.4) is 0 Å². The molecule has 1 aromatic carbocycles. The second kappa shape index (κ2) is 5.14. The molecule has 0 unspecified atom stereocenters. The van der Waals surface area contributed by atoms with E-state index in [9.17, 15) is 13.2 Å². The molecule has 0 radical (unpaired) electrons. The Morgan fingerprint density at radius 2 is 1.73 bits per heavy atom. The number of nitrogens with two attached hydrogens (primary N) is 1. The summed E-state index contributed by atoms with van der Waals surface area (Å²) in [6.07, 6.45) is 0. The molecule has 84 valence electrons. The minimum Gasteiger partial charge on any atom is -0.329 e. The van der Waals surface area contributed by atoms with Crippen molar-refractivity contribution in [1.29, 1.82) is 0 Å². The van der Waals surface area contributed by atoms with Crippen LogP contribution < -0.4 is 5.73 Å². The lowest BCUT2D eigenvalue weighted by Gasteiger charge is -2.15. The van der Waals surface area contributed by atoms with Gasteiger partial charge in [-0.1, -0.05) is 0 Å². The van der Waals surface area contributed by atoms with Gasteiger partial charge in [0, 0.05) is 31.3 Å².